The van der Waals surface area contributed by atoms with Gasteiger partial charge in [0.25, 0.3) is 5.17 Å². The molecule has 0 atom stereocenters. The predicted molar refractivity (Wildman–Crippen MR) is 125 cm³/mol. The highest BCUT2D eigenvalue weighted by Crippen LogP contribution is 2.21. The summed E-state index contributed by atoms with van der Waals surface area (Å²) in [5, 5.41) is 12.9. The Labute approximate surface area is 195 Å². The molecule has 0 aliphatic carbocycles. The number of thiocarbonyl (C=S) groups is 1. The van der Waals surface area contributed by atoms with E-state index in [0.29, 0.717) is 5.69 Å². The Morgan fingerprint density at radius 3 is 2.61 bits per heavy atom. The molecule has 12 heteroatoms. The van der Waals surface area contributed by atoms with Crippen molar-refractivity contribution in [3.63, 3.8) is 0 Å². The number of methoxy groups -OCH3 is 1. The lowest BCUT2D eigenvalue weighted by Gasteiger charge is -2.11. The highest BCUT2D eigenvalue weighted by Gasteiger charge is 2.13. The second-order valence-corrected chi connectivity index (χ2v) is 7.21. The molecule has 2 rings (SSSR count). The zero-order chi connectivity index (χ0) is 24.2. The van der Waals surface area contributed by atoms with Gasteiger partial charge in [0.1, 0.15) is 23.3 Å². The summed E-state index contributed by atoms with van der Waals surface area (Å²) in [6.07, 6.45) is 1.60. The molecule has 0 aromatic heterocycles. The molecule has 0 heterocycles. The minimum Gasteiger partial charge on any atom is -0.474 e. The van der Waals surface area contributed by atoms with E-state index in [-0.39, 0.29) is 54.2 Å². The van der Waals surface area contributed by atoms with Gasteiger partial charge in [0.2, 0.25) is 5.91 Å². The van der Waals surface area contributed by atoms with Crippen molar-refractivity contribution in [2.45, 2.75) is 6.42 Å². The summed E-state index contributed by atoms with van der Waals surface area (Å²) >= 11 is 4.83. The number of nitrogens with two attached hydrogens (primary N) is 2. The van der Waals surface area contributed by atoms with E-state index >= 15 is 0 Å². The van der Waals surface area contributed by atoms with Crippen LogP contribution in [0.4, 0.5) is 25.8 Å². The Kier molecular flexibility index (Phi) is 10.1. The number of quaternary nitrogens is 1. The Morgan fingerprint density at radius 1 is 1.24 bits per heavy atom. The average Bonchev–Trinajstić information content (AvgIpc) is 2.77. The molecule has 0 bridgehead atoms. The van der Waals surface area contributed by atoms with Crippen LogP contribution in [0, 0.1) is 17.2 Å². The quantitative estimate of drug-likeness (QED) is 0.126. The van der Waals surface area contributed by atoms with Crippen molar-refractivity contribution in [2.24, 2.45) is 5.11 Å². The predicted octanol–water partition coefficient (Wildman–Crippen LogP) is 1.91. The topological polar surface area (TPSA) is 141 Å². The van der Waals surface area contributed by atoms with Gasteiger partial charge < -0.3 is 26.4 Å². The maximum absolute atomic E-state index is 14.4. The number of carbonyl (C=O) groups is 1. The summed E-state index contributed by atoms with van der Waals surface area (Å²) in [6, 6.07) is 9.29. The molecule has 2 aromatic carbocycles. The van der Waals surface area contributed by atoms with Crippen LogP contribution in [0.2, 0.25) is 0 Å². The van der Waals surface area contributed by atoms with Crippen LogP contribution in [0.3, 0.4) is 0 Å². The van der Waals surface area contributed by atoms with Crippen molar-refractivity contribution in [1.82, 2.24) is 10.6 Å². The number of amides is 1. The van der Waals surface area contributed by atoms with Gasteiger partial charge >= 0.3 is 0 Å². The van der Waals surface area contributed by atoms with Crippen molar-refractivity contribution in [1.29, 1.82) is 5.53 Å². The second-order valence-electron chi connectivity index (χ2n) is 6.84. The van der Waals surface area contributed by atoms with Crippen LogP contribution < -0.4 is 27.0 Å². The van der Waals surface area contributed by atoms with E-state index in [0.717, 1.165) is 17.7 Å². The van der Waals surface area contributed by atoms with E-state index in [1.165, 1.54) is 18.6 Å². The third-order valence-electron chi connectivity index (χ3n) is 4.34. The lowest BCUT2D eigenvalue weighted by atomic mass is 10.1. The van der Waals surface area contributed by atoms with E-state index in [1.807, 2.05) is 0 Å². The fourth-order valence-electron chi connectivity index (χ4n) is 2.76. The van der Waals surface area contributed by atoms with E-state index in [1.54, 1.807) is 24.3 Å². The molecule has 2 aromatic rings. The highest BCUT2D eigenvalue weighted by molar-refractivity contribution is 7.80. The number of anilines is 2. The van der Waals surface area contributed by atoms with Crippen molar-refractivity contribution in [2.75, 3.05) is 37.8 Å². The first kappa shape index (κ1) is 25.6. The van der Waals surface area contributed by atoms with Crippen LogP contribution in [-0.4, -0.2) is 37.8 Å². The van der Waals surface area contributed by atoms with Crippen LogP contribution in [0.15, 0.2) is 53.4 Å². The molecule has 0 saturated carbocycles. The average molecular weight is 479 g/mol. The fraction of sp³-hybridized carbons (Fsp3) is 0.238. The van der Waals surface area contributed by atoms with Crippen molar-refractivity contribution in [3.05, 3.63) is 65.5 Å². The summed E-state index contributed by atoms with van der Waals surface area (Å²) in [5.74, 6) is -1.80. The van der Waals surface area contributed by atoms with Gasteiger partial charge in [0, 0.05) is 30.9 Å². The molecule has 9 nitrogen and oxygen atoms in total. The Bertz CT molecular complexity index is 1010. The molecule has 0 unspecified atom stereocenters. The first-order valence-electron chi connectivity index (χ1n) is 9.89. The second kappa shape index (κ2) is 13.0. The van der Waals surface area contributed by atoms with E-state index in [9.17, 15) is 13.6 Å². The number of hydrogen-bond donors (Lipinski definition) is 6. The number of halogens is 2. The van der Waals surface area contributed by atoms with Gasteiger partial charge in [-0.1, -0.05) is 12.1 Å². The van der Waals surface area contributed by atoms with Crippen molar-refractivity contribution < 1.29 is 23.6 Å². The number of hydrogen-bond acceptors (Lipinski definition) is 7. The molecule has 0 radical (unpaired) electrons. The molecule has 1 amide bonds. The van der Waals surface area contributed by atoms with E-state index in [2.05, 4.69) is 21.1 Å². The van der Waals surface area contributed by atoms with Crippen LogP contribution in [0.1, 0.15) is 5.56 Å². The minimum atomic E-state index is -0.788. The SMILES string of the molecule is COC(=S)NC/C(=C/[NH2+]c1cc(F)c(NCCNC(=O)Cc2cccc(N)c2)c(F)c1)N=N. The maximum Gasteiger partial charge on any atom is 0.256 e. The van der Waals surface area contributed by atoms with Gasteiger partial charge in [-0.3, -0.25) is 10.1 Å². The maximum atomic E-state index is 14.4. The first-order valence-corrected chi connectivity index (χ1v) is 10.3. The lowest BCUT2D eigenvalue weighted by molar-refractivity contribution is -0.497. The molecule has 0 spiro atoms. The molecule has 0 aliphatic heterocycles. The summed E-state index contributed by atoms with van der Waals surface area (Å²) in [7, 11) is 1.40. The standard InChI is InChI=1S/C21H25F2N7O2S/c1-32-21(33)29-12-16(30-25)11-28-15-9-17(22)20(18(23)10-15)27-6-5-26-19(31)8-13-3-2-4-14(24)7-13/h2-4,7,9-11,25,27-28H,5-6,8,12,24H2,1H3,(H,26,31)(H,29,33)/p+1/b16-11-,30-25?. The van der Waals surface area contributed by atoms with Gasteiger partial charge in [0.05, 0.1) is 20.1 Å². The third-order valence-corrected chi connectivity index (χ3v) is 4.65. The summed E-state index contributed by atoms with van der Waals surface area (Å²) < 4.78 is 33.5. The normalized spacial score (nSPS) is 10.9. The molecule has 0 aliphatic rings. The molecular weight excluding hydrogens is 452 g/mol. The van der Waals surface area contributed by atoms with Crippen molar-refractivity contribution in [3.8, 4) is 0 Å². The number of nitrogens with zero attached hydrogens (tertiary/aromatic N) is 1. The van der Waals surface area contributed by atoms with Crippen LogP contribution in [0.25, 0.3) is 0 Å². The van der Waals surface area contributed by atoms with Gasteiger partial charge in [-0.25, -0.2) is 14.3 Å². The minimum absolute atomic E-state index is 0.126. The number of nitrogen functional groups attached to an aromatic ring is 1. The van der Waals surface area contributed by atoms with Crippen LogP contribution >= 0.6 is 12.2 Å². The van der Waals surface area contributed by atoms with E-state index in [4.69, 9.17) is 28.2 Å². The Hall–Kier alpha value is -3.64. The third kappa shape index (κ3) is 8.79. The number of ether oxygens (including phenoxy) is 1. The number of rotatable bonds is 11. The molecule has 0 saturated heterocycles. The monoisotopic (exact) mass is 478 g/mol. The number of benzene rings is 2. The highest BCUT2D eigenvalue weighted by atomic mass is 32.1. The number of carbonyl (C=O) groups excluding carboxylic acids is 1. The number of nitrogens with one attached hydrogen (secondary N) is 4. The lowest BCUT2D eigenvalue weighted by Crippen LogP contribution is -2.71. The van der Waals surface area contributed by atoms with E-state index < -0.39 is 11.6 Å². The van der Waals surface area contributed by atoms with Crippen molar-refractivity contribution >= 4 is 40.4 Å². The van der Waals surface area contributed by atoms with Crippen LogP contribution in [0.5, 0.6) is 0 Å². The van der Waals surface area contributed by atoms with Gasteiger partial charge in [0.15, 0.2) is 11.6 Å². The summed E-state index contributed by atoms with van der Waals surface area (Å²) in [4.78, 5) is 12.0. The zero-order valence-corrected chi connectivity index (χ0v) is 18.8. The van der Waals surface area contributed by atoms with Gasteiger partial charge in [-0.2, -0.15) is 5.11 Å². The smallest absolute Gasteiger partial charge is 0.256 e. The first-order chi connectivity index (χ1) is 15.8. The van der Waals surface area contributed by atoms with Crippen LogP contribution in [-0.2, 0) is 16.0 Å². The van der Waals surface area contributed by atoms with Gasteiger partial charge in [-0.15, -0.1) is 0 Å². The Balaban J connectivity index is 1.85. The van der Waals surface area contributed by atoms with Gasteiger partial charge in [-0.05, 0) is 29.9 Å². The summed E-state index contributed by atoms with van der Waals surface area (Å²) in [6.45, 7) is 0.439. The fourth-order valence-corrected chi connectivity index (χ4v) is 2.83. The largest absolute Gasteiger partial charge is 0.474 e. The Morgan fingerprint density at radius 2 is 1.97 bits per heavy atom. The molecular formula is C21H26F2N7O2S+. The molecule has 0 fully saturated rings. The molecule has 176 valence electrons. The summed E-state index contributed by atoms with van der Waals surface area (Å²) in [5.41, 5.74) is 14.4. The zero-order valence-electron chi connectivity index (χ0n) is 18.0. The molecule has 8 N–H and O–H groups in total. The molecule has 33 heavy (non-hydrogen) atoms.